The van der Waals surface area contributed by atoms with Gasteiger partial charge in [0, 0.05) is 11.8 Å². The molecule has 11 heavy (non-hydrogen) atoms. The summed E-state index contributed by atoms with van der Waals surface area (Å²) in [5.41, 5.74) is 8.59. The van der Waals surface area contributed by atoms with E-state index in [9.17, 15) is 9.90 Å². The molecule has 0 aliphatic rings. The minimum absolute atomic E-state index is 0.208. The third-order valence-electron chi connectivity index (χ3n) is 1.35. The molecule has 0 aromatic rings. The van der Waals surface area contributed by atoms with E-state index in [1.807, 2.05) is 0 Å². The maximum absolute atomic E-state index is 10.2. The van der Waals surface area contributed by atoms with Crippen LogP contribution in [0.3, 0.4) is 0 Å². The second kappa shape index (κ2) is 5.35. The fraction of sp³-hybridized carbons (Fsp3) is 0.833. The van der Waals surface area contributed by atoms with E-state index in [0.29, 0.717) is 19.4 Å². The van der Waals surface area contributed by atoms with E-state index in [1.54, 1.807) is 0 Å². The van der Waals surface area contributed by atoms with Crippen LogP contribution >= 0.6 is 11.6 Å². The van der Waals surface area contributed by atoms with Crippen molar-refractivity contribution < 1.29 is 15.6 Å². The topological polar surface area (TPSA) is 93.8 Å². The predicted molar refractivity (Wildman–Crippen MR) is 39.6 cm³/mol. The van der Waals surface area contributed by atoms with Crippen LogP contribution in [0.5, 0.6) is 0 Å². The monoisotopic (exact) mass is 180 g/mol. The highest BCUT2D eigenvalue weighted by atomic mass is 35.5. The zero-order valence-corrected chi connectivity index (χ0v) is 7.01. The first-order valence-electron chi connectivity index (χ1n) is 3.46. The Hall–Kier alpha value is -0.320. The van der Waals surface area contributed by atoms with Gasteiger partial charge in [0.15, 0.2) is 0 Å². The van der Waals surface area contributed by atoms with Gasteiger partial charge in [0.25, 0.3) is 0 Å². The standard InChI is InChI=1S/C6H13ClN2O2/c7-4(1-2-8)3-5(9)6(10)11/h4-5H,1-3,8-9H2,(H,10,11)/t4?,5-/m0/s1. The molecule has 0 fully saturated rings. The fourth-order valence-electron chi connectivity index (χ4n) is 0.704. The molecule has 0 aromatic carbocycles. The first kappa shape index (κ1) is 10.7. The quantitative estimate of drug-likeness (QED) is 0.466. The Kier molecular flexibility index (Phi) is 5.19. The molecule has 0 saturated heterocycles. The van der Waals surface area contributed by atoms with E-state index in [1.165, 1.54) is 0 Å². The molecule has 0 aliphatic carbocycles. The van der Waals surface area contributed by atoms with E-state index in [-0.39, 0.29) is 5.38 Å². The third-order valence-corrected chi connectivity index (χ3v) is 1.75. The summed E-state index contributed by atoms with van der Waals surface area (Å²) in [4.78, 5) is 10.2. The molecule has 0 aliphatic heterocycles. The SMILES string of the molecule is NCCC(Cl)C[C@H]([NH3+])C(=O)[O-]. The highest BCUT2D eigenvalue weighted by molar-refractivity contribution is 6.20. The summed E-state index contributed by atoms with van der Waals surface area (Å²) in [5, 5.41) is 9.97. The van der Waals surface area contributed by atoms with Crippen molar-refractivity contribution in [3.05, 3.63) is 0 Å². The van der Waals surface area contributed by atoms with Gasteiger partial charge in [-0.3, -0.25) is 0 Å². The Morgan fingerprint density at radius 3 is 2.64 bits per heavy atom. The van der Waals surface area contributed by atoms with Gasteiger partial charge < -0.3 is 21.4 Å². The van der Waals surface area contributed by atoms with Crippen LogP contribution in [0.25, 0.3) is 0 Å². The Morgan fingerprint density at radius 1 is 1.73 bits per heavy atom. The van der Waals surface area contributed by atoms with Crippen molar-refractivity contribution in [1.29, 1.82) is 0 Å². The average molecular weight is 181 g/mol. The lowest BCUT2D eigenvalue weighted by atomic mass is 10.1. The van der Waals surface area contributed by atoms with Crippen LogP contribution in [0.1, 0.15) is 12.8 Å². The molecule has 0 heterocycles. The van der Waals surface area contributed by atoms with Crippen molar-refractivity contribution in [1.82, 2.24) is 0 Å². The number of alkyl halides is 1. The van der Waals surface area contributed by atoms with E-state index in [2.05, 4.69) is 5.73 Å². The molecule has 5 heteroatoms. The molecule has 0 aromatic heterocycles. The minimum atomic E-state index is -1.16. The number of quaternary nitrogens is 1. The first-order chi connectivity index (χ1) is 5.07. The van der Waals surface area contributed by atoms with E-state index < -0.39 is 12.0 Å². The Morgan fingerprint density at radius 2 is 2.27 bits per heavy atom. The largest absolute Gasteiger partial charge is 0.544 e. The summed E-state index contributed by atoms with van der Waals surface area (Å²) in [6.07, 6.45) is 0.932. The highest BCUT2D eigenvalue weighted by Crippen LogP contribution is 2.06. The first-order valence-corrected chi connectivity index (χ1v) is 3.89. The number of carboxylic acid groups (broad SMARTS) is 1. The van der Waals surface area contributed by atoms with Gasteiger partial charge in [0.2, 0.25) is 0 Å². The van der Waals surface area contributed by atoms with Crippen LogP contribution in [0.4, 0.5) is 0 Å². The smallest absolute Gasteiger partial charge is 0.126 e. The molecule has 4 nitrogen and oxygen atoms in total. The van der Waals surface area contributed by atoms with Crippen LogP contribution in [0.15, 0.2) is 0 Å². The van der Waals surface area contributed by atoms with Gasteiger partial charge in [-0.1, -0.05) is 0 Å². The van der Waals surface area contributed by atoms with Crippen LogP contribution < -0.4 is 16.6 Å². The van der Waals surface area contributed by atoms with Crippen molar-refractivity contribution in [2.24, 2.45) is 5.73 Å². The summed E-state index contributed by atoms with van der Waals surface area (Å²) >= 11 is 5.71. The van der Waals surface area contributed by atoms with Crippen molar-refractivity contribution in [2.45, 2.75) is 24.3 Å². The minimum Gasteiger partial charge on any atom is -0.544 e. The lowest BCUT2D eigenvalue weighted by molar-refractivity contribution is -0.438. The van der Waals surface area contributed by atoms with E-state index >= 15 is 0 Å². The van der Waals surface area contributed by atoms with E-state index in [0.717, 1.165) is 0 Å². The van der Waals surface area contributed by atoms with Crippen molar-refractivity contribution in [3.63, 3.8) is 0 Å². The summed E-state index contributed by atoms with van der Waals surface area (Å²) in [6, 6.07) is -0.732. The normalized spacial score (nSPS) is 15.9. The summed E-state index contributed by atoms with van der Waals surface area (Å²) < 4.78 is 0. The Labute approximate surface area is 70.5 Å². The highest BCUT2D eigenvalue weighted by Gasteiger charge is 2.13. The molecule has 66 valence electrons. The van der Waals surface area contributed by atoms with Gasteiger partial charge in [0.1, 0.15) is 6.04 Å². The molecular weight excluding hydrogens is 168 g/mol. The Balaban J connectivity index is 3.56. The zero-order valence-electron chi connectivity index (χ0n) is 6.25. The second-order valence-corrected chi connectivity index (χ2v) is 3.04. The van der Waals surface area contributed by atoms with Crippen molar-refractivity contribution >= 4 is 17.6 Å². The third kappa shape index (κ3) is 5.01. The Bertz CT molecular complexity index is 132. The number of halogens is 1. The van der Waals surface area contributed by atoms with Crippen molar-refractivity contribution in [3.8, 4) is 0 Å². The number of carbonyl (C=O) groups is 1. The van der Waals surface area contributed by atoms with Crippen LogP contribution in [0.2, 0.25) is 0 Å². The molecule has 0 saturated carbocycles. The van der Waals surface area contributed by atoms with Gasteiger partial charge >= 0.3 is 0 Å². The number of hydrogen-bond acceptors (Lipinski definition) is 3. The van der Waals surface area contributed by atoms with Gasteiger partial charge in [0.05, 0.1) is 5.97 Å². The molecule has 0 amide bonds. The molecule has 0 spiro atoms. The molecule has 0 rings (SSSR count). The average Bonchev–Trinajstić information content (AvgIpc) is 1.87. The van der Waals surface area contributed by atoms with Gasteiger partial charge in [-0.25, -0.2) is 0 Å². The van der Waals surface area contributed by atoms with Crippen molar-refractivity contribution in [2.75, 3.05) is 6.54 Å². The molecular formula is C6H13ClN2O2. The number of carboxylic acids is 1. The fourth-order valence-corrected chi connectivity index (χ4v) is 1.04. The molecule has 1 unspecified atom stereocenters. The number of hydrogen-bond donors (Lipinski definition) is 2. The molecule has 0 radical (unpaired) electrons. The van der Waals surface area contributed by atoms with Gasteiger partial charge in [-0.15, -0.1) is 11.6 Å². The van der Waals surface area contributed by atoms with Crippen LogP contribution in [0, 0.1) is 0 Å². The van der Waals surface area contributed by atoms with Gasteiger partial charge in [-0.05, 0) is 13.0 Å². The number of carbonyl (C=O) groups excluding carboxylic acids is 1. The second-order valence-electron chi connectivity index (χ2n) is 2.43. The molecule has 0 bridgehead atoms. The number of rotatable bonds is 5. The molecule has 5 N–H and O–H groups in total. The maximum Gasteiger partial charge on any atom is 0.126 e. The number of aliphatic carboxylic acids is 1. The van der Waals surface area contributed by atoms with Gasteiger partial charge in [-0.2, -0.15) is 0 Å². The lowest BCUT2D eigenvalue weighted by Gasteiger charge is -2.12. The number of nitrogens with two attached hydrogens (primary N) is 1. The zero-order chi connectivity index (χ0) is 8.85. The lowest BCUT2D eigenvalue weighted by Crippen LogP contribution is -2.68. The summed E-state index contributed by atoms with van der Waals surface area (Å²) in [5.74, 6) is -1.16. The summed E-state index contributed by atoms with van der Waals surface area (Å²) in [7, 11) is 0. The van der Waals surface area contributed by atoms with E-state index in [4.69, 9.17) is 17.3 Å². The van der Waals surface area contributed by atoms with Crippen LogP contribution in [-0.4, -0.2) is 23.9 Å². The maximum atomic E-state index is 10.2. The predicted octanol–water partition coefficient (Wildman–Crippen LogP) is -2.31. The van der Waals surface area contributed by atoms with Crippen LogP contribution in [-0.2, 0) is 4.79 Å². The molecule has 2 atom stereocenters. The summed E-state index contributed by atoms with van der Waals surface area (Å²) in [6.45, 7) is 0.466.